The Morgan fingerprint density at radius 1 is 1.08 bits per heavy atom. The Hall–Kier alpha value is -1.43. The fraction of sp³-hybridized carbons (Fsp3) is 0.600. The average molecular weight is 378 g/mol. The Kier molecular flexibility index (Phi) is 5.70. The minimum Gasteiger partial charge on any atom is -0.314 e. The van der Waals surface area contributed by atoms with Crippen LogP contribution < -0.4 is 5.32 Å². The van der Waals surface area contributed by atoms with E-state index in [-0.39, 0.29) is 17.2 Å². The zero-order valence-corrected chi connectivity index (χ0v) is 16.7. The van der Waals surface area contributed by atoms with Gasteiger partial charge in [0.15, 0.2) is 0 Å². The summed E-state index contributed by atoms with van der Waals surface area (Å²) in [4.78, 5) is 28.9. The molecule has 142 valence electrons. The van der Waals surface area contributed by atoms with Gasteiger partial charge in [0, 0.05) is 50.6 Å². The van der Waals surface area contributed by atoms with Gasteiger partial charge in [-0.15, -0.1) is 0 Å². The van der Waals surface area contributed by atoms with E-state index in [1.54, 1.807) is 0 Å². The first-order valence-corrected chi connectivity index (χ1v) is 9.67. The SMILES string of the molecule is Cc1cc(Cl)cc(CN2C(=O)CC(C)(C)CC2=O)c1CN1CCNCC1. The number of nitrogens with one attached hydrogen (secondary N) is 1. The Morgan fingerprint density at radius 2 is 1.69 bits per heavy atom. The number of rotatable bonds is 4. The largest absolute Gasteiger partial charge is 0.314 e. The minimum absolute atomic E-state index is 0.0861. The lowest BCUT2D eigenvalue weighted by Gasteiger charge is -2.35. The Bertz CT molecular complexity index is 691. The lowest BCUT2D eigenvalue weighted by Crippen LogP contribution is -2.46. The summed E-state index contributed by atoms with van der Waals surface area (Å²) in [5.74, 6) is -0.172. The van der Waals surface area contributed by atoms with E-state index in [4.69, 9.17) is 11.6 Å². The van der Waals surface area contributed by atoms with E-state index in [0.29, 0.717) is 24.4 Å². The predicted octanol–water partition coefficient (Wildman–Crippen LogP) is 2.73. The molecule has 0 aliphatic carbocycles. The molecule has 0 bridgehead atoms. The molecule has 6 heteroatoms. The van der Waals surface area contributed by atoms with Crippen LogP contribution in [0, 0.1) is 12.3 Å². The van der Waals surface area contributed by atoms with Gasteiger partial charge in [0.25, 0.3) is 0 Å². The van der Waals surface area contributed by atoms with Crippen LogP contribution in [0.1, 0.15) is 43.4 Å². The third kappa shape index (κ3) is 4.45. The van der Waals surface area contributed by atoms with Gasteiger partial charge < -0.3 is 5.32 Å². The van der Waals surface area contributed by atoms with Gasteiger partial charge in [-0.05, 0) is 41.2 Å². The number of likely N-dealkylation sites (tertiary alicyclic amines) is 1. The minimum atomic E-state index is -0.251. The highest BCUT2D eigenvalue weighted by Gasteiger charge is 2.37. The molecule has 1 aromatic rings. The number of carbonyl (C=O) groups excluding carboxylic acids is 2. The fourth-order valence-electron chi connectivity index (χ4n) is 3.86. The number of hydrogen-bond acceptors (Lipinski definition) is 4. The van der Waals surface area contributed by atoms with Crippen LogP contribution in [0.4, 0.5) is 0 Å². The topological polar surface area (TPSA) is 52.7 Å². The molecule has 2 amide bonds. The summed E-state index contributed by atoms with van der Waals surface area (Å²) < 4.78 is 0. The van der Waals surface area contributed by atoms with Crippen molar-refractivity contribution in [1.82, 2.24) is 15.1 Å². The molecule has 2 saturated heterocycles. The van der Waals surface area contributed by atoms with E-state index in [9.17, 15) is 9.59 Å². The number of piperazine rings is 1. The average Bonchev–Trinajstić information content (AvgIpc) is 2.54. The molecule has 0 aromatic heterocycles. The van der Waals surface area contributed by atoms with Gasteiger partial charge in [-0.3, -0.25) is 19.4 Å². The highest BCUT2D eigenvalue weighted by molar-refractivity contribution is 6.30. The zero-order chi connectivity index (χ0) is 18.9. The highest BCUT2D eigenvalue weighted by atomic mass is 35.5. The first kappa shape index (κ1) is 19.3. The number of benzene rings is 1. The molecule has 1 aromatic carbocycles. The van der Waals surface area contributed by atoms with E-state index in [1.165, 1.54) is 10.5 Å². The normalized spacial score (nSPS) is 21.3. The van der Waals surface area contributed by atoms with Crippen molar-refractivity contribution in [3.05, 3.63) is 33.8 Å². The van der Waals surface area contributed by atoms with Crippen LogP contribution in [-0.4, -0.2) is 47.8 Å². The van der Waals surface area contributed by atoms with E-state index >= 15 is 0 Å². The Morgan fingerprint density at radius 3 is 2.31 bits per heavy atom. The van der Waals surface area contributed by atoms with Crippen LogP contribution in [0.3, 0.4) is 0 Å². The molecule has 0 atom stereocenters. The van der Waals surface area contributed by atoms with Crippen LogP contribution in [0.25, 0.3) is 0 Å². The number of halogens is 1. The fourth-order valence-corrected chi connectivity index (χ4v) is 4.16. The van der Waals surface area contributed by atoms with E-state index in [1.807, 2.05) is 26.0 Å². The van der Waals surface area contributed by atoms with Gasteiger partial charge in [-0.2, -0.15) is 0 Å². The maximum atomic E-state index is 12.5. The van der Waals surface area contributed by atoms with Gasteiger partial charge in [0.1, 0.15) is 0 Å². The van der Waals surface area contributed by atoms with Gasteiger partial charge in [0.05, 0.1) is 6.54 Å². The molecule has 2 aliphatic rings. The van der Waals surface area contributed by atoms with Crippen molar-refractivity contribution in [1.29, 1.82) is 0 Å². The van der Waals surface area contributed by atoms with E-state index < -0.39 is 0 Å². The zero-order valence-electron chi connectivity index (χ0n) is 15.9. The summed E-state index contributed by atoms with van der Waals surface area (Å²) in [6.07, 6.45) is 0.816. The van der Waals surface area contributed by atoms with Gasteiger partial charge in [-0.25, -0.2) is 0 Å². The molecule has 2 aliphatic heterocycles. The molecular weight excluding hydrogens is 350 g/mol. The van der Waals surface area contributed by atoms with Crippen LogP contribution in [0.2, 0.25) is 5.02 Å². The number of hydrogen-bond donors (Lipinski definition) is 1. The standard InChI is InChI=1S/C20H28ClN3O2/c1-14-8-16(21)9-15(17(14)13-23-6-4-22-5-7-23)12-24-18(25)10-20(2,3)11-19(24)26/h8-9,22H,4-7,10-13H2,1-3H3. The van der Waals surface area contributed by atoms with Crippen molar-refractivity contribution in [3.8, 4) is 0 Å². The van der Waals surface area contributed by atoms with Crippen molar-refractivity contribution in [2.45, 2.75) is 46.7 Å². The second-order valence-corrected chi connectivity index (χ2v) is 8.71. The van der Waals surface area contributed by atoms with Crippen molar-refractivity contribution >= 4 is 23.4 Å². The summed E-state index contributed by atoms with van der Waals surface area (Å²) in [6.45, 7) is 11.1. The van der Waals surface area contributed by atoms with Crippen LogP contribution in [0.5, 0.6) is 0 Å². The van der Waals surface area contributed by atoms with Crippen LogP contribution in [0.15, 0.2) is 12.1 Å². The second kappa shape index (κ2) is 7.67. The van der Waals surface area contributed by atoms with Crippen LogP contribution in [-0.2, 0) is 22.7 Å². The first-order valence-electron chi connectivity index (χ1n) is 9.29. The molecule has 5 nitrogen and oxygen atoms in total. The molecule has 0 radical (unpaired) electrons. The molecule has 3 rings (SSSR count). The monoisotopic (exact) mass is 377 g/mol. The molecule has 1 N–H and O–H groups in total. The lowest BCUT2D eigenvalue weighted by molar-refractivity contribution is -0.153. The van der Waals surface area contributed by atoms with Crippen molar-refractivity contribution < 1.29 is 9.59 Å². The van der Waals surface area contributed by atoms with E-state index in [0.717, 1.165) is 43.9 Å². The summed E-state index contributed by atoms with van der Waals surface area (Å²) >= 11 is 6.29. The Balaban J connectivity index is 1.84. The second-order valence-electron chi connectivity index (χ2n) is 8.28. The van der Waals surface area contributed by atoms with Crippen LogP contribution >= 0.6 is 11.6 Å². The van der Waals surface area contributed by atoms with E-state index in [2.05, 4.69) is 17.1 Å². The third-order valence-corrected chi connectivity index (χ3v) is 5.53. The number of amides is 2. The summed E-state index contributed by atoms with van der Waals surface area (Å²) in [5, 5.41) is 4.02. The maximum absolute atomic E-state index is 12.5. The van der Waals surface area contributed by atoms with Gasteiger partial charge in [0.2, 0.25) is 11.8 Å². The Labute approximate surface area is 160 Å². The number of aryl methyl sites for hydroxylation is 1. The highest BCUT2D eigenvalue weighted by Crippen LogP contribution is 2.33. The van der Waals surface area contributed by atoms with Gasteiger partial charge >= 0.3 is 0 Å². The first-order chi connectivity index (χ1) is 12.2. The molecule has 2 fully saturated rings. The summed E-state index contributed by atoms with van der Waals surface area (Å²) in [6, 6.07) is 3.87. The molecular formula is C20H28ClN3O2. The molecule has 0 unspecified atom stereocenters. The summed E-state index contributed by atoms with van der Waals surface area (Å²) in [7, 11) is 0. The maximum Gasteiger partial charge on any atom is 0.230 e. The smallest absolute Gasteiger partial charge is 0.230 e. The van der Waals surface area contributed by atoms with Gasteiger partial charge in [-0.1, -0.05) is 25.4 Å². The number of piperidine rings is 1. The molecule has 2 heterocycles. The van der Waals surface area contributed by atoms with Crippen molar-refractivity contribution in [2.24, 2.45) is 5.41 Å². The van der Waals surface area contributed by atoms with Crippen molar-refractivity contribution in [3.63, 3.8) is 0 Å². The number of imide groups is 1. The number of nitrogens with zero attached hydrogens (tertiary/aromatic N) is 2. The summed E-state index contributed by atoms with van der Waals surface area (Å²) in [5.41, 5.74) is 3.03. The predicted molar refractivity (Wildman–Crippen MR) is 103 cm³/mol. The molecule has 0 spiro atoms. The molecule has 0 saturated carbocycles. The quantitative estimate of drug-likeness (QED) is 0.820. The van der Waals surface area contributed by atoms with Crippen molar-refractivity contribution in [2.75, 3.05) is 26.2 Å². The lowest BCUT2D eigenvalue weighted by atomic mass is 9.81. The molecule has 26 heavy (non-hydrogen) atoms. The number of carbonyl (C=O) groups is 2. The third-order valence-electron chi connectivity index (χ3n) is 5.31.